The van der Waals surface area contributed by atoms with Gasteiger partial charge in [0.15, 0.2) is 5.82 Å². The first kappa shape index (κ1) is 12.3. The highest BCUT2D eigenvalue weighted by atomic mass is 16.4. The molecule has 0 fully saturated rings. The molecule has 0 spiro atoms. The number of carboxylic acids is 1. The minimum atomic E-state index is -1.04. The van der Waals surface area contributed by atoms with Gasteiger partial charge in [-0.2, -0.15) is 0 Å². The van der Waals surface area contributed by atoms with Crippen molar-refractivity contribution < 1.29 is 9.90 Å². The number of rotatable bonds is 3. The van der Waals surface area contributed by atoms with E-state index in [1.165, 1.54) is 0 Å². The Morgan fingerprint density at radius 2 is 2.11 bits per heavy atom. The van der Waals surface area contributed by atoms with Crippen LogP contribution >= 0.6 is 0 Å². The van der Waals surface area contributed by atoms with Crippen molar-refractivity contribution in [1.82, 2.24) is 14.5 Å². The van der Waals surface area contributed by atoms with Crippen LogP contribution in [0.15, 0.2) is 18.6 Å². The van der Waals surface area contributed by atoms with Crippen LogP contribution in [0.5, 0.6) is 0 Å². The van der Waals surface area contributed by atoms with Crippen LogP contribution in [0.25, 0.3) is 11.0 Å². The number of carbonyl (C=O) groups is 1. The second-order valence-corrected chi connectivity index (χ2v) is 4.78. The van der Waals surface area contributed by atoms with Crippen molar-refractivity contribution in [2.24, 2.45) is 7.05 Å². The highest BCUT2D eigenvalue weighted by Gasteiger charge is 2.34. The fourth-order valence-corrected chi connectivity index (χ4v) is 1.70. The van der Waals surface area contributed by atoms with Gasteiger partial charge in [0.05, 0.1) is 11.8 Å². The van der Waals surface area contributed by atoms with E-state index in [0.717, 1.165) is 5.52 Å². The zero-order valence-electron chi connectivity index (χ0n) is 10.9. The molecule has 96 valence electrons. The Balaban J connectivity index is 2.58. The molecule has 0 aliphatic carbocycles. The van der Waals surface area contributed by atoms with E-state index in [1.807, 2.05) is 17.7 Å². The maximum Gasteiger partial charge on any atom is 0.328 e. The van der Waals surface area contributed by atoms with Crippen LogP contribution in [0, 0.1) is 0 Å². The average molecular weight is 248 g/mol. The highest BCUT2D eigenvalue weighted by Crippen LogP contribution is 2.26. The number of pyridine rings is 1. The monoisotopic (exact) mass is 248 g/mol. The number of aliphatic carboxylic acids is 1. The first-order chi connectivity index (χ1) is 8.35. The predicted octanol–water partition coefficient (Wildman–Crippen LogP) is 1.27. The van der Waals surface area contributed by atoms with Gasteiger partial charge < -0.3 is 14.6 Å². The minimum Gasteiger partial charge on any atom is -0.480 e. The van der Waals surface area contributed by atoms with Crippen molar-refractivity contribution in [3.63, 3.8) is 0 Å². The van der Waals surface area contributed by atoms with E-state index in [2.05, 4.69) is 9.97 Å². The van der Waals surface area contributed by atoms with Crippen molar-refractivity contribution in [2.75, 3.05) is 11.9 Å². The summed E-state index contributed by atoms with van der Waals surface area (Å²) in [5.74, 6) is -0.333. The van der Waals surface area contributed by atoms with Crippen LogP contribution < -0.4 is 4.90 Å². The number of carboxylic acid groups (broad SMARTS) is 1. The summed E-state index contributed by atoms with van der Waals surface area (Å²) in [4.78, 5) is 21.4. The third kappa shape index (κ3) is 1.70. The van der Waals surface area contributed by atoms with Crippen molar-refractivity contribution in [3.8, 4) is 0 Å². The highest BCUT2D eigenvalue weighted by molar-refractivity contribution is 5.90. The van der Waals surface area contributed by atoms with Gasteiger partial charge in [-0.05, 0) is 19.9 Å². The first-order valence-electron chi connectivity index (χ1n) is 5.59. The molecule has 2 heterocycles. The quantitative estimate of drug-likeness (QED) is 0.885. The maximum absolute atomic E-state index is 11.3. The Morgan fingerprint density at radius 3 is 2.72 bits per heavy atom. The lowest BCUT2D eigenvalue weighted by Crippen LogP contribution is -2.48. The second kappa shape index (κ2) is 3.97. The van der Waals surface area contributed by atoms with Crippen LogP contribution in [0.4, 0.5) is 5.82 Å². The molecule has 0 aromatic carbocycles. The Labute approximate surface area is 105 Å². The van der Waals surface area contributed by atoms with E-state index in [1.54, 1.807) is 38.3 Å². The van der Waals surface area contributed by atoms with E-state index in [4.69, 9.17) is 0 Å². The van der Waals surface area contributed by atoms with Crippen LogP contribution in [0.3, 0.4) is 0 Å². The SMILES string of the molecule is CN(c1nccc2c1ncn2C)C(C)(C)C(=O)O. The van der Waals surface area contributed by atoms with Crippen molar-refractivity contribution >= 4 is 22.8 Å². The number of aromatic nitrogens is 3. The topological polar surface area (TPSA) is 71.2 Å². The number of anilines is 1. The van der Waals surface area contributed by atoms with Crippen molar-refractivity contribution in [3.05, 3.63) is 18.6 Å². The Hall–Kier alpha value is -2.11. The van der Waals surface area contributed by atoms with Crippen LogP contribution in [-0.2, 0) is 11.8 Å². The molecule has 0 saturated carbocycles. The molecule has 2 rings (SSSR count). The van der Waals surface area contributed by atoms with E-state index in [0.29, 0.717) is 11.3 Å². The number of hydrogen-bond acceptors (Lipinski definition) is 4. The molecule has 0 radical (unpaired) electrons. The predicted molar refractivity (Wildman–Crippen MR) is 68.6 cm³/mol. The van der Waals surface area contributed by atoms with Crippen molar-refractivity contribution in [1.29, 1.82) is 0 Å². The molecule has 0 aliphatic rings. The lowest BCUT2D eigenvalue weighted by atomic mass is 10.0. The van der Waals surface area contributed by atoms with Gasteiger partial charge in [0.25, 0.3) is 0 Å². The molecular formula is C12H16N4O2. The van der Waals surface area contributed by atoms with Gasteiger partial charge >= 0.3 is 5.97 Å². The molecule has 1 N–H and O–H groups in total. The summed E-state index contributed by atoms with van der Waals surface area (Å²) in [5.41, 5.74) is 0.587. The average Bonchev–Trinajstić information content (AvgIpc) is 2.70. The molecule has 0 amide bonds. The Bertz CT molecular complexity index is 603. The zero-order chi connectivity index (χ0) is 13.5. The fraction of sp³-hybridized carbons (Fsp3) is 0.417. The molecule has 0 bridgehead atoms. The number of imidazole rings is 1. The first-order valence-corrected chi connectivity index (χ1v) is 5.59. The van der Waals surface area contributed by atoms with Gasteiger partial charge in [0, 0.05) is 20.3 Å². The summed E-state index contributed by atoms with van der Waals surface area (Å²) in [6.45, 7) is 3.28. The standard InChI is InChI=1S/C12H16N4O2/c1-12(2,11(17)18)16(4)10-9-8(5-6-13-10)15(3)7-14-9/h5-7H,1-4H3,(H,17,18). The number of nitrogens with zero attached hydrogens (tertiary/aromatic N) is 4. The molecule has 6 heteroatoms. The summed E-state index contributed by atoms with van der Waals surface area (Å²) in [7, 11) is 3.60. The van der Waals surface area contributed by atoms with Gasteiger partial charge in [-0.15, -0.1) is 0 Å². The molecular weight excluding hydrogens is 232 g/mol. The largest absolute Gasteiger partial charge is 0.480 e. The lowest BCUT2D eigenvalue weighted by Gasteiger charge is -2.32. The number of fused-ring (bicyclic) bond motifs is 1. The van der Waals surface area contributed by atoms with Crippen LogP contribution in [-0.4, -0.2) is 38.2 Å². The molecule has 18 heavy (non-hydrogen) atoms. The number of likely N-dealkylation sites (N-methyl/N-ethyl adjacent to an activating group) is 1. The van der Waals surface area contributed by atoms with Gasteiger partial charge in [0.1, 0.15) is 11.1 Å². The third-order valence-corrected chi connectivity index (χ3v) is 3.30. The van der Waals surface area contributed by atoms with Crippen LogP contribution in [0.1, 0.15) is 13.8 Å². The van der Waals surface area contributed by atoms with Gasteiger partial charge in [-0.25, -0.2) is 14.8 Å². The van der Waals surface area contributed by atoms with Gasteiger partial charge in [-0.1, -0.05) is 0 Å². The van der Waals surface area contributed by atoms with Gasteiger partial charge in [-0.3, -0.25) is 0 Å². The van der Waals surface area contributed by atoms with E-state index < -0.39 is 11.5 Å². The Kier molecular flexibility index (Phi) is 2.73. The molecule has 0 unspecified atom stereocenters. The van der Waals surface area contributed by atoms with E-state index in [-0.39, 0.29) is 0 Å². The normalized spacial score (nSPS) is 11.8. The second-order valence-electron chi connectivity index (χ2n) is 4.78. The molecule has 0 aliphatic heterocycles. The summed E-state index contributed by atoms with van der Waals surface area (Å²) in [6, 6.07) is 1.85. The third-order valence-electron chi connectivity index (χ3n) is 3.30. The molecule has 0 atom stereocenters. The molecule has 2 aromatic rings. The van der Waals surface area contributed by atoms with E-state index in [9.17, 15) is 9.90 Å². The van der Waals surface area contributed by atoms with E-state index >= 15 is 0 Å². The lowest BCUT2D eigenvalue weighted by molar-refractivity contribution is -0.142. The van der Waals surface area contributed by atoms with Crippen molar-refractivity contribution in [2.45, 2.75) is 19.4 Å². The molecule has 0 saturated heterocycles. The maximum atomic E-state index is 11.3. The smallest absolute Gasteiger partial charge is 0.328 e. The zero-order valence-corrected chi connectivity index (χ0v) is 10.9. The number of hydrogen-bond donors (Lipinski definition) is 1. The van der Waals surface area contributed by atoms with Crippen LogP contribution in [0.2, 0.25) is 0 Å². The summed E-state index contributed by atoms with van der Waals surface area (Å²) < 4.78 is 1.88. The van der Waals surface area contributed by atoms with Gasteiger partial charge in [0.2, 0.25) is 0 Å². The molecule has 2 aromatic heterocycles. The summed E-state index contributed by atoms with van der Waals surface area (Å²) in [6.07, 6.45) is 3.35. The summed E-state index contributed by atoms with van der Waals surface area (Å²) >= 11 is 0. The fourth-order valence-electron chi connectivity index (χ4n) is 1.70. The Morgan fingerprint density at radius 1 is 1.44 bits per heavy atom. The number of aryl methyl sites for hydroxylation is 1. The minimum absolute atomic E-state index is 0.570. The molecule has 6 nitrogen and oxygen atoms in total. The summed E-state index contributed by atoms with van der Waals surface area (Å²) in [5, 5.41) is 9.26.